The Kier molecular flexibility index (Phi) is 5.23. The zero-order valence-electron chi connectivity index (χ0n) is 14.6. The number of nitrogens with zero attached hydrogens (tertiary/aromatic N) is 1. The molecule has 1 aliphatic carbocycles. The van der Waals surface area contributed by atoms with Gasteiger partial charge in [-0.05, 0) is 51.0 Å². The van der Waals surface area contributed by atoms with Crippen molar-refractivity contribution in [1.29, 1.82) is 0 Å². The minimum absolute atomic E-state index is 0.984. The molecular formula is C21H34N+. The molecule has 1 nitrogen and oxygen atoms in total. The van der Waals surface area contributed by atoms with E-state index in [0.717, 1.165) is 17.9 Å². The Morgan fingerprint density at radius 1 is 1.05 bits per heavy atom. The number of hydrogen-bond acceptors (Lipinski definition) is 0. The normalized spacial score (nSPS) is 34.5. The van der Waals surface area contributed by atoms with Crippen molar-refractivity contribution in [2.24, 2.45) is 11.8 Å². The summed E-state index contributed by atoms with van der Waals surface area (Å²) in [7, 11) is 2.53. The average molecular weight is 301 g/mol. The summed E-state index contributed by atoms with van der Waals surface area (Å²) in [5, 5.41) is 0. The van der Waals surface area contributed by atoms with E-state index in [1.165, 1.54) is 74.5 Å². The van der Waals surface area contributed by atoms with Gasteiger partial charge in [-0.1, -0.05) is 43.2 Å². The molecule has 0 radical (unpaired) electrons. The van der Waals surface area contributed by atoms with E-state index >= 15 is 0 Å². The number of likely N-dealkylation sites (tertiary alicyclic amines) is 1. The van der Waals surface area contributed by atoms with Crippen LogP contribution >= 0.6 is 0 Å². The molecule has 4 atom stereocenters. The molecule has 1 heteroatoms. The third-order valence-electron chi connectivity index (χ3n) is 6.69. The Labute approximate surface area is 137 Å². The number of rotatable bonds is 6. The predicted octanol–water partition coefficient (Wildman–Crippen LogP) is 5.05. The van der Waals surface area contributed by atoms with Gasteiger partial charge in [0, 0.05) is 11.8 Å². The highest BCUT2D eigenvalue weighted by Gasteiger charge is 2.50. The van der Waals surface area contributed by atoms with Crippen LogP contribution in [0.2, 0.25) is 0 Å². The largest absolute Gasteiger partial charge is 0.323 e. The Morgan fingerprint density at radius 3 is 2.59 bits per heavy atom. The van der Waals surface area contributed by atoms with Crippen molar-refractivity contribution in [3.05, 3.63) is 35.9 Å². The van der Waals surface area contributed by atoms with E-state index in [1.54, 1.807) is 0 Å². The lowest BCUT2D eigenvalue weighted by atomic mass is 9.78. The second-order valence-electron chi connectivity index (χ2n) is 7.99. The van der Waals surface area contributed by atoms with Crippen molar-refractivity contribution in [2.45, 2.75) is 64.3 Å². The van der Waals surface area contributed by atoms with Crippen LogP contribution in [0.4, 0.5) is 0 Å². The van der Waals surface area contributed by atoms with Gasteiger partial charge >= 0.3 is 0 Å². The van der Waals surface area contributed by atoms with Crippen LogP contribution in [0.25, 0.3) is 0 Å². The molecule has 4 unspecified atom stereocenters. The zero-order chi connectivity index (χ0) is 15.4. The molecule has 1 saturated carbocycles. The fourth-order valence-corrected chi connectivity index (χ4v) is 5.32. The fraction of sp³-hybridized carbons (Fsp3) is 0.714. The average Bonchev–Trinajstić information content (AvgIpc) is 2.86. The van der Waals surface area contributed by atoms with E-state index in [4.69, 9.17) is 0 Å². The summed E-state index contributed by atoms with van der Waals surface area (Å²) >= 11 is 0. The van der Waals surface area contributed by atoms with Gasteiger partial charge in [-0.2, -0.15) is 0 Å². The van der Waals surface area contributed by atoms with Crippen LogP contribution in [0.5, 0.6) is 0 Å². The van der Waals surface area contributed by atoms with Gasteiger partial charge in [0.1, 0.15) is 0 Å². The van der Waals surface area contributed by atoms with Crippen LogP contribution in [-0.4, -0.2) is 30.7 Å². The maximum absolute atomic E-state index is 2.53. The van der Waals surface area contributed by atoms with E-state index in [2.05, 4.69) is 44.3 Å². The minimum atomic E-state index is 0.984. The Bertz CT molecular complexity index is 454. The van der Waals surface area contributed by atoms with E-state index in [1.807, 2.05) is 0 Å². The molecule has 0 bridgehead atoms. The molecule has 2 aliphatic rings. The number of aryl methyl sites for hydroxylation is 1. The van der Waals surface area contributed by atoms with Crippen molar-refractivity contribution in [3.8, 4) is 0 Å². The third kappa shape index (κ3) is 3.40. The molecule has 0 aromatic heterocycles. The Balaban J connectivity index is 1.50. The van der Waals surface area contributed by atoms with E-state index in [9.17, 15) is 0 Å². The second kappa shape index (κ2) is 7.17. The van der Waals surface area contributed by atoms with Gasteiger partial charge in [0.25, 0.3) is 0 Å². The first kappa shape index (κ1) is 16.1. The highest BCUT2D eigenvalue weighted by Crippen LogP contribution is 2.45. The smallest absolute Gasteiger partial charge is 0.0921 e. The van der Waals surface area contributed by atoms with Gasteiger partial charge < -0.3 is 4.48 Å². The van der Waals surface area contributed by atoms with Crippen molar-refractivity contribution in [2.75, 3.05) is 20.1 Å². The monoisotopic (exact) mass is 300 g/mol. The van der Waals surface area contributed by atoms with Gasteiger partial charge in [0.05, 0.1) is 26.2 Å². The van der Waals surface area contributed by atoms with Crippen LogP contribution in [0.1, 0.15) is 57.4 Å². The molecule has 3 rings (SSSR count). The number of quaternary nitrogens is 1. The first-order chi connectivity index (χ1) is 10.7. The molecule has 1 aromatic carbocycles. The van der Waals surface area contributed by atoms with Crippen molar-refractivity contribution >= 4 is 0 Å². The molecule has 22 heavy (non-hydrogen) atoms. The van der Waals surface area contributed by atoms with Gasteiger partial charge in [0.15, 0.2) is 0 Å². The molecule has 122 valence electrons. The second-order valence-corrected chi connectivity index (χ2v) is 7.99. The number of benzene rings is 1. The summed E-state index contributed by atoms with van der Waals surface area (Å²) in [5.74, 6) is 2.04. The molecule has 1 aromatic rings. The van der Waals surface area contributed by atoms with Gasteiger partial charge in [-0.3, -0.25) is 0 Å². The van der Waals surface area contributed by atoms with Gasteiger partial charge in [0.2, 0.25) is 0 Å². The topological polar surface area (TPSA) is 0 Å². The SMILES string of the molecule is CC[N+]1(C)CC(CCCCc2ccccc2)C2CCCCC21. The third-order valence-corrected chi connectivity index (χ3v) is 6.69. The number of unbranched alkanes of at least 4 members (excludes halogenated alkanes) is 1. The molecule has 0 spiro atoms. The summed E-state index contributed by atoms with van der Waals surface area (Å²) in [6.07, 6.45) is 11.5. The van der Waals surface area contributed by atoms with Crippen molar-refractivity contribution in [1.82, 2.24) is 0 Å². The minimum Gasteiger partial charge on any atom is -0.323 e. The number of hydrogen-bond donors (Lipinski definition) is 0. The van der Waals surface area contributed by atoms with Crippen LogP contribution in [0.15, 0.2) is 30.3 Å². The highest BCUT2D eigenvalue weighted by atomic mass is 15.4. The van der Waals surface area contributed by atoms with Crippen LogP contribution in [0.3, 0.4) is 0 Å². The molecule has 2 fully saturated rings. The molecule has 0 N–H and O–H groups in total. The lowest BCUT2D eigenvalue weighted by molar-refractivity contribution is -0.923. The summed E-state index contributed by atoms with van der Waals surface area (Å²) in [5.41, 5.74) is 1.51. The first-order valence-electron chi connectivity index (χ1n) is 9.61. The standard InChI is InChI=1S/C21H34N/c1-3-22(2)17-19(20-15-9-10-16-21(20)22)14-8-7-13-18-11-5-4-6-12-18/h4-6,11-12,19-21H,3,7-10,13-17H2,1-2H3/q+1. The first-order valence-corrected chi connectivity index (χ1v) is 9.61. The van der Waals surface area contributed by atoms with Gasteiger partial charge in [-0.15, -0.1) is 0 Å². The van der Waals surface area contributed by atoms with E-state index in [0.29, 0.717) is 0 Å². The molecule has 0 amide bonds. The Morgan fingerprint density at radius 2 is 1.82 bits per heavy atom. The van der Waals surface area contributed by atoms with Crippen LogP contribution in [0, 0.1) is 11.8 Å². The van der Waals surface area contributed by atoms with E-state index < -0.39 is 0 Å². The maximum Gasteiger partial charge on any atom is 0.0921 e. The zero-order valence-corrected chi connectivity index (χ0v) is 14.6. The molecule has 1 aliphatic heterocycles. The predicted molar refractivity (Wildman–Crippen MR) is 94.8 cm³/mol. The molecule has 1 heterocycles. The lowest BCUT2D eigenvalue weighted by Crippen LogP contribution is -2.50. The summed E-state index contributed by atoms with van der Waals surface area (Å²) in [6.45, 7) is 5.20. The fourth-order valence-electron chi connectivity index (χ4n) is 5.32. The van der Waals surface area contributed by atoms with Crippen molar-refractivity contribution < 1.29 is 4.48 Å². The Hall–Kier alpha value is -0.820. The summed E-state index contributed by atoms with van der Waals surface area (Å²) in [6, 6.07) is 12.0. The quantitative estimate of drug-likeness (QED) is 0.509. The highest BCUT2D eigenvalue weighted by molar-refractivity contribution is 5.14. The summed E-state index contributed by atoms with van der Waals surface area (Å²) in [4.78, 5) is 0. The van der Waals surface area contributed by atoms with Crippen LogP contribution in [-0.2, 0) is 6.42 Å². The molecular weight excluding hydrogens is 266 g/mol. The van der Waals surface area contributed by atoms with Crippen molar-refractivity contribution in [3.63, 3.8) is 0 Å². The summed E-state index contributed by atoms with van der Waals surface area (Å²) < 4.78 is 1.37. The van der Waals surface area contributed by atoms with Crippen LogP contribution < -0.4 is 0 Å². The number of fused-ring (bicyclic) bond motifs is 1. The van der Waals surface area contributed by atoms with E-state index in [-0.39, 0.29) is 0 Å². The maximum atomic E-state index is 2.53. The lowest BCUT2D eigenvalue weighted by Gasteiger charge is -2.39. The molecule has 1 saturated heterocycles. The van der Waals surface area contributed by atoms with Gasteiger partial charge in [-0.25, -0.2) is 0 Å².